The molecule has 76 valence electrons. The average Bonchev–Trinajstić information content (AvgIpc) is 2.12. The van der Waals surface area contributed by atoms with Crippen LogP contribution in [0.15, 0.2) is 0 Å². The van der Waals surface area contributed by atoms with Crippen molar-refractivity contribution < 1.29 is 14.7 Å². The van der Waals surface area contributed by atoms with Crippen molar-refractivity contribution in [3.8, 4) is 0 Å². The first-order valence-corrected chi connectivity index (χ1v) is 4.51. The zero-order valence-corrected chi connectivity index (χ0v) is 8.06. The molecule has 0 saturated heterocycles. The molecule has 0 spiro atoms. The molecule has 0 aliphatic heterocycles. The predicted molar refractivity (Wildman–Crippen MR) is 48.8 cm³/mol. The van der Waals surface area contributed by atoms with Crippen LogP contribution >= 0.6 is 0 Å². The largest absolute Gasteiger partial charge is 0.383 e. The lowest BCUT2D eigenvalue weighted by molar-refractivity contribution is -0.134. The molecule has 0 radical (unpaired) electrons. The monoisotopic (exact) mass is 187 g/mol. The van der Waals surface area contributed by atoms with Gasteiger partial charge in [0.25, 0.3) is 0 Å². The van der Waals surface area contributed by atoms with Crippen molar-refractivity contribution in [2.45, 2.75) is 32.8 Å². The molecule has 4 heteroatoms. The van der Waals surface area contributed by atoms with Crippen LogP contribution in [0.4, 0.5) is 0 Å². The quantitative estimate of drug-likeness (QED) is 0.578. The summed E-state index contributed by atoms with van der Waals surface area (Å²) in [7, 11) is 0. The molecule has 4 nitrogen and oxygen atoms in total. The molecule has 0 heterocycles. The second-order valence-electron chi connectivity index (χ2n) is 3.14. The van der Waals surface area contributed by atoms with Crippen LogP contribution in [0.2, 0.25) is 0 Å². The van der Waals surface area contributed by atoms with Crippen molar-refractivity contribution in [2.24, 2.45) is 17.6 Å². The van der Waals surface area contributed by atoms with Gasteiger partial charge < -0.3 is 15.6 Å². The summed E-state index contributed by atoms with van der Waals surface area (Å²) in [5.74, 6) is -1.46. The van der Waals surface area contributed by atoms with Gasteiger partial charge in [0.2, 0.25) is 5.91 Å². The van der Waals surface area contributed by atoms with Gasteiger partial charge in [0, 0.05) is 0 Å². The Labute approximate surface area is 78.1 Å². The number of carbonyl (C=O) groups is 2. The number of hydrogen-bond acceptors (Lipinski definition) is 3. The minimum absolute atomic E-state index is 0.0278. The molecule has 0 aromatic heterocycles. The molecule has 2 unspecified atom stereocenters. The summed E-state index contributed by atoms with van der Waals surface area (Å²) >= 11 is 0. The van der Waals surface area contributed by atoms with Crippen molar-refractivity contribution in [3.63, 3.8) is 0 Å². The highest BCUT2D eigenvalue weighted by molar-refractivity contribution is 5.82. The van der Waals surface area contributed by atoms with E-state index >= 15 is 0 Å². The molecule has 1 amide bonds. The summed E-state index contributed by atoms with van der Waals surface area (Å²) in [6, 6.07) is 0. The number of hydrogen-bond donors (Lipinski definition) is 2. The SMILES string of the molecule is CCC(CC)C(C=O)C(O)C(N)=O. The summed E-state index contributed by atoms with van der Waals surface area (Å²) in [6.45, 7) is 3.83. The molecule has 0 rings (SSSR count). The van der Waals surface area contributed by atoms with Crippen molar-refractivity contribution in [2.75, 3.05) is 0 Å². The second-order valence-corrected chi connectivity index (χ2v) is 3.14. The van der Waals surface area contributed by atoms with Gasteiger partial charge in [-0.2, -0.15) is 0 Å². The van der Waals surface area contributed by atoms with Gasteiger partial charge in [-0.3, -0.25) is 4.79 Å². The van der Waals surface area contributed by atoms with Crippen molar-refractivity contribution in [1.29, 1.82) is 0 Å². The van der Waals surface area contributed by atoms with Crippen molar-refractivity contribution in [3.05, 3.63) is 0 Å². The molecule has 13 heavy (non-hydrogen) atoms. The first-order valence-electron chi connectivity index (χ1n) is 4.51. The maximum atomic E-state index is 10.6. The molecule has 0 aliphatic carbocycles. The summed E-state index contributed by atoms with van der Waals surface area (Å²) in [5.41, 5.74) is 4.91. The van der Waals surface area contributed by atoms with E-state index in [0.29, 0.717) is 6.29 Å². The number of aliphatic hydroxyl groups is 1. The number of primary amides is 1. The summed E-state index contributed by atoms with van der Waals surface area (Å²) in [4.78, 5) is 21.3. The Kier molecular flexibility index (Phi) is 5.30. The van der Waals surface area contributed by atoms with E-state index in [1.165, 1.54) is 0 Å². The fourth-order valence-corrected chi connectivity index (χ4v) is 1.47. The first-order chi connectivity index (χ1) is 6.08. The number of nitrogens with two attached hydrogens (primary N) is 1. The lowest BCUT2D eigenvalue weighted by atomic mass is 9.84. The number of rotatable bonds is 6. The molecule has 0 aliphatic rings. The van der Waals surface area contributed by atoms with Gasteiger partial charge >= 0.3 is 0 Å². The summed E-state index contributed by atoms with van der Waals surface area (Å²) in [5, 5.41) is 9.31. The lowest BCUT2D eigenvalue weighted by Crippen LogP contribution is -2.39. The first kappa shape index (κ1) is 12.1. The van der Waals surface area contributed by atoms with Gasteiger partial charge in [0.15, 0.2) is 0 Å². The van der Waals surface area contributed by atoms with E-state index in [9.17, 15) is 14.7 Å². The minimum Gasteiger partial charge on any atom is -0.383 e. The standard InChI is InChI=1S/C9H17NO3/c1-3-6(4-2)7(5-11)8(12)9(10)13/h5-8,12H,3-4H2,1-2H3,(H2,10,13). The van der Waals surface area contributed by atoms with Crippen LogP contribution < -0.4 is 5.73 Å². The Morgan fingerprint density at radius 3 is 2.15 bits per heavy atom. The van der Waals surface area contributed by atoms with Crippen LogP contribution in [-0.4, -0.2) is 23.4 Å². The van der Waals surface area contributed by atoms with Gasteiger partial charge in [-0.15, -0.1) is 0 Å². The molecule has 0 fully saturated rings. The number of aldehydes is 1. The van der Waals surface area contributed by atoms with Crippen LogP contribution in [-0.2, 0) is 9.59 Å². The Hall–Kier alpha value is -0.900. The van der Waals surface area contributed by atoms with Crippen LogP contribution in [0, 0.1) is 11.8 Å². The van der Waals surface area contributed by atoms with Crippen molar-refractivity contribution in [1.82, 2.24) is 0 Å². The van der Waals surface area contributed by atoms with Crippen LogP contribution in [0.25, 0.3) is 0 Å². The molecule has 0 aromatic carbocycles. The fourth-order valence-electron chi connectivity index (χ4n) is 1.47. The zero-order chi connectivity index (χ0) is 10.4. The second kappa shape index (κ2) is 5.70. The molecule has 0 aromatic rings. The lowest BCUT2D eigenvalue weighted by Gasteiger charge is -2.22. The van der Waals surface area contributed by atoms with E-state index in [2.05, 4.69) is 0 Å². The number of carbonyl (C=O) groups excluding carboxylic acids is 2. The summed E-state index contributed by atoms with van der Waals surface area (Å²) < 4.78 is 0. The molecule has 2 atom stereocenters. The molecule has 3 N–H and O–H groups in total. The highest BCUT2D eigenvalue weighted by atomic mass is 16.3. The van der Waals surface area contributed by atoms with E-state index in [-0.39, 0.29) is 5.92 Å². The maximum Gasteiger partial charge on any atom is 0.247 e. The Morgan fingerprint density at radius 2 is 1.92 bits per heavy atom. The fraction of sp³-hybridized carbons (Fsp3) is 0.778. The zero-order valence-electron chi connectivity index (χ0n) is 8.06. The highest BCUT2D eigenvalue weighted by Crippen LogP contribution is 2.20. The summed E-state index contributed by atoms with van der Waals surface area (Å²) in [6.07, 6.45) is 0.782. The smallest absolute Gasteiger partial charge is 0.247 e. The van der Waals surface area contributed by atoms with E-state index in [0.717, 1.165) is 12.8 Å². The van der Waals surface area contributed by atoms with Crippen LogP contribution in [0.3, 0.4) is 0 Å². The van der Waals surface area contributed by atoms with E-state index in [1.807, 2.05) is 13.8 Å². The average molecular weight is 187 g/mol. The van der Waals surface area contributed by atoms with Gasteiger partial charge in [-0.25, -0.2) is 0 Å². The highest BCUT2D eigenvalue weighted by Gasteiger charge is 2.29. The Balaban J connectivity index is 4.46. The van der Waals surface area contributed by atoms with Gasteiger partial charge in [0.1, 0.15) is 12.4 Å². The van der Waals surface area contributed by atoms with Gasteiger partial charge in [0.05, 0.1) is 5.92 Å². The third-order valence-corrected chi connectivity index (χ3v) is 2.41. The van der Waals surface area contributed by atoms with Crippen LogP contribution in [0.1, 0.15) is 26.7 Å². The number of amides is 1. The molecular formula is C9H17NO3. The Bertz CT molecular complexity index is 178. The molecular weight excluding hydrogens is 170 g/mol. The minimum atomic E-state index is -1.35. The molecule has 0 bridgehead atoms. The number of aliphatic hydroxyl groups excluding tert-OH is 1. The van der Waals surface area contributed by atoms with Gasteiger partial charge in [-0.05, 0) is 5.92 Å². The normalized spacial score (nSPS) is 15.4. The van der Waals surface area contributed by atoms with E-state index < -0.39 is 17.9 Å². The maximum absolute atomic E-state index is 10.6. The predicted octanol–water partition coefficient (Wildman–Crippen LogP) is 0.0839. The third-order valence-electron chi connectivity index (χ3n) is 2.41. The topological polar surface area (TPSA) is 80.4 Å². The van der Waals surface area contributed by atoms with Gasteiger partial charge in [-0.1, -0.05) is 26.7 Å². The van der Waals surface area contributed by atoms with Crippen molar-refractivity contribution >= 4 is 12.2 Å². The third kappa shape index (κ3) is 3.14. The van der Waals surface area contributed by atoms with Crippen LogP contribution in [0.5, 0.6) is 0 Å². The Morgan fingerprint density at radius 1 is 1.46 bits per heavy atom. The van der Waals surface area contributed by atoms with E-state index in [4.69, 9.17) is 5.73 Å². The van der Waals surface area contributed by atoms with E-state index in [1.54, 1.807) is 0 Å². The molecule has 0 saturated carbocycles.